The first-order chi connectivity index (χ1) is 9.59. The van der Waals surface area contributed by atoms with E-state index in [0.29, 0.717) is 19.4 Å². The van der Waals surface area contributed by atoms with Crippen LogP contribution in [0, 0.1) is 5.92 Å². The second-order valence-electron chi connectivity index (χ2n) is 5.69. The number of rotatable bonds is 2. The van der Waals surface area contributed by atoms with Gasteiger partial charge in [-0.25, -0.2) is 0 Å². The van der Waals surface area contributed by atoms with Crippen molar-refractivity contribution < 1.29 is 14.8 Å². The summed E-state index contributed by atoms with van der Waals surface area (Å²) in [5, 5.41) is 18.8. The van der Waals surface area contributed by atoms with Crippen LogP contribution < -0.4 is 5.73 Å². The van der Waals surface area contributed by atoms with Crippen LogP contribution in [-0.2, 0) is 11.2 Å². The minimum atomic E-state index is -1.47. The molecule has 1 aromatic rings. The molecule has 1 aliphatic heterocycles. The van der Waals surface area contributed by atoms with Gasteiger partial charge in [-0.1, -0.05) is 24.3 Å². The van der Waals surface area contributed by atoms with Gasteiger partial charge in [0.1, 0.15) is 0 Å². The Bertz CT molecular complexity index is 523. The second-order valence-corrected chi connectivity index (χ2v) is 5.69. The lowest BCUT2D eigenvalue weighted by molar-refractivity contribution is -0.136. The van der Waals surface area contributed by atoms with Crippen LogP contribution in [0.15, 0.2) is 24.3 Å². The van der Waals surface area contributed by atoms with Crippen molar-refractivity contribution in [3.63, 3.8) is 0 Å². The van der Waals surface area contributed by atoms with Crippen LogP contribution in [-0.4, -0.2) is 40.5 Å². The smallest absolute Gasteiger partial charge is 0.426 e. The molecule has 0 aromatic heterocycles. The molecule has 0 spiro atoms. The van der Waals surface area contributed by atoms with E-state index >= 15 is 0 Å². The van der Waals surface area contributed by atoms with E-state index in [2.05, 4.69) is 0 Å². The lowest BCUT2D eigenvalue weighted by atomic mass is 9.77. The molecule has 0 bridgehead atoms. The Kier molecular flexibility index (Phi) is 3.54. The monoisotopic (exact) mass is 274 g/mol. The summed E-state index contributed by atoms with van der Waals surface area (Å²) in [6, 6.07) is 7.56. The number of nitrogens with two attached hydrogens (primary N) is 1. The molecule has 1 fully saturated rings. The zero-order chi connectivity index (χ0) is 14.3. The summed E-state index contributed by atoms with van der Waals surface area (Å²) < 4.78 is 0. The molecule has 3 rings (SSSR count). The summed E-state index contributed by atoms with van der Waals surface area (Å²) in [5.74, 6) is -0.825. The third-order valence-electron chi connectivity index (χ3n) is 4.53. The first-order valence-corrected chi connectivity index (χ1v) is 7.09. The third kappa shape index (κ3) is 2.14. The third-order valence-corrected chi connectivity index (χ3v) is 4.53. The number of benzene rings is 1. The number of fused-ring (bicyclic) bond motifs is 1. The van der Waals surface area contributed by atoms with E-state index in [9.17, 15) is 14.8 Å². The summed E-state index contributed by atoms with van der Waals surface area (Å²) in [6.45, 7) is 0.584. The number of hydrogen-bond acceptors (Lipinski definition) is 4. The first-order valence-electron chi connectivity index (χ1n) is 7.09. The summed E-state index contributed by atoms with van der Waals surface area (Å²) >= 11 is 0. The molecule has 0 radical (unpaired) electrons. The molecular formula is C14H19BN2O3. The van der Waals surface area contributed by atoms with Gasteiger partial charge >= 0.3 is 7.12 Å². The van der Waals surface area contributed by atoms with Crippen molar-refractivity contribution in [1.29, 1.82) is 0 Å². The molecule has 1 aromatic carbocycles. The highest BCUT2D eigenvalue weighted by molar-refractivity contribution is 6.43. The molecule has 3 atom stereocenters. The van der Waals surface area contributed by atoms with E-state index in [1.807, 2.05) is 24.3 Å². The quantitative estimate of drug-likeness (QED) is 0.655. The Morgan fingerprint density at radius 2 is 2.10 bits per heavy atom. The zero-order valence-corrected chi connectivity index (χ0v) is 11.3. The fraction of sp³-hybridized carbons (Fsp3) is 0.500. The van der Waals surface area contributed by atoms with Crippen molar-refractivity contribution in [3.8, 4) is 0 Å². The Balaban J connectivity index is 1.79. The van der Waals surface area contributed by atoms with Crippen molar-refractivity contribution in [1.82, 2.24) is 4.90 Å². The summed E-state index contributed by atoms with van der Waals surface area (Å²) in [6.07, 6.45) is 2.09. The maximum absolute atomic E-state index is 12.7. The topological polar surface area (TPSA) is 86.8 Å². The highest BCUT2D eigenvalue weighted by atomic mass is 16.4. The molecule has 0 unspecified atom stereocenters. The van der Waals surface area contributed by atoms with E-state index in [1.54, 1.807) is 4.90 Å². The molecule has 1 saturated heterocycles. The van der Waals surface area contributed by atoms with Gasteiger partial charge in [-0.2, -0.15) is 0 Å². The fourth-order valence-corrected chi connectivity index (χ4v) is 3.46. The van der Waals surface area contributed by atoms with Crippen LogP contribution in [0.25, 0.3) is 0 Å². The van der Waals surface area contributed by atoms with Gasteiger partial charge in [0.05, 0.1) is 11.9 Å². The van der Waals surface area contributed by atoms with Gasteiger partial charge in [-0.05, 0) is 30.4 Å². The van der Waals surface area contributed by atoms with Crippen molar-refractivity contribution in [2.24, 2.45) is 11.7 Å². The maximum atomic E-state index is 12.7. The van der Waals surface area contributed by atoms with Gasteiger partial charge in [0.2, 0.25) is 5.91 Å². The number of likely N-dealkylation sites (tertiary alicyclic amines) is 1. The number of amides is 1. The minimum Gasteiger partial charge on any atom is -0.426 e. The van der Waals surface area contributed by atoms with E-state index in [-0.39, 0.29) is 17.9 Å². The molecule has 4 N–H and O–H groups in total. The molecule has 2 aliphatic rings. The molecule has 5 nitrogen and oxygen atoms in total. The summed E-state index contributed by atoms with van der Waals surface area (Å²) in [7, 11) is -1.47. The van der Waals surface area contributed by atoms with Crippen LogP contribution in [0.2, 0.25) is 0 Å². The average molecular weight is 274 g/mol. The Labute approximate surface area is 118 Å². The largest absolute Gasteiger partial charge is 0.475 e. The molecule has 106 valence electrons. The van der Waals surface area contributed by atoms with Crippen LogP contribution in [0.1, 0.15) is 30.0 Å². The van der Waals surface area contributed by atoms with Gasteiger partial charge in [-0.3, -0.25) is 4.79 Å². The van der Waals surface area contributed by atoms with Gasteiger partial charge < -0.3 is 20.7 Å². The molecule has 6 heteroatoms. The second kappa shape index (κ2) is 5.20. The highest BCUT2D eigenvalue weighted by Gasteiger charge is 2.43. The van der Waals surface area contributed by atoms with Crippen molar-refractivity contribution in [2.45, 2.75) is 31.2 Å². The average Bonchev–Trinajstić information content (AvgIpc) is 3.04. The highest BCUT2D eigenvalue weighted by Crippen LogP contribution is 2.36. The van der Waals surface area contributed by atoms with E-state index in [4.69, 9.17) is 5.73 Å². The Morgan fingerprint density at radius 3 is 2.80 bits per heavy atom. The predicted molar refractivity (Wildman–Crippen MR) is 75.5 cm³/mol. The van der Waals surface area contributed by atoms with Crippen molar-refractivity contribution in [3.05, 3.63) is 35.4 Å². The molecule has 1 amide bonds. The van der Waals surface area contributed by atoms with Crippen LogP contribution >= 0.6 is 0 Å². The molecule has 0 saturated carbocycles. The Hall–Kier alpha value is -1.37. The fourth-order valence-electron chi connectivity index (χ4n) is 3.46. The van der Waals surface area contributed by atoms with Gasteiger partial charge in [0, 0.05) is 12.6 Å². The predicted octanol–water partition coefficient (Wildman–Crippen LogP) is -0.138. The molecule has 1 heterocycles. The van der Waals surface area contributed by atoms with E-state index in [0.717, 1.165) is 17.5 Å². The SMILES string of the molecule is N[C@H]1c2ccccc2C[C@H]1C(=O)N1CCC[C@H]1B(O)O. The standard InChI is InChI=1S/C14H19BN2O3/c16-13-10-5-2-1-4-9(10)8-11(13)14(18)17-7-3-6-12(17)15(19)20/h1-2,4-5,11-13,19-20H,3,6-8,16H2/t11-,12+,13+/m1/s1. The summed E-state index contributed by atoms with van der Waals surface area (Å²) in [4.78, 5) is 14.3. The minimum absolute atomic E-state index is 0.0516. The summed E-state index contributed by atoms with van der Waals surface area (Å²) in [5.41, 5.74) is 8.37. The van der Waals surface area contributed by atoms with E-state index < -0.39 is 13.1 Å². The number of carbonyl (C=O) groups excluding carboxylic acids is 1. The lowest BCUT2D eigenvalue weighted by Crippen LogP contribution is -2.48. The van der Waals surface area contributed by atoms with Crippen LogP contribution in [0.3, 0.4) is 0 Å². The lowest BCUT2D eigenvalue weighted by Gasteiger charge is -2.28. The number of nitrogens with zero attached hydrogens (tertiary/aromatic N) is 1. The van der Waals surface area contributed by atoms with Gasteiger partial charge in [0.25, 0.3) is 0 Å². The van der Waals surface area contributed by atoms with Gasteiger partial charge in [-0.15, -0.1) is 0 Å². The van der Waals surface area contributed by atoms with Crippen molar-refractivity contribution >= 4 is 13.0 Å². The maximum Gasteiger partial charge on any atom is 0.475 e. The Morgan fingerprint density at radius 1 is 1.35 bits per heavy atom. The molecule has 20 heavy (non-hydrogen) atoms. The van der Waals surface area contributed by atoms with E-state index in [1.165, 1.54) is 0 Å². The first kappa shape index (κ1) is 13.6. The van der Waals surface area contributed by atoms with Crippen LogP contribution in [0.4, 0.5) is 0 Å². The van der Waals surface area contributed by atoms with Gasteiger partial charge in [0.15, 0.2) is 0 Å². The normalized spacial score (nSPS) is 28.6. The van der Waals surface area contributed by atoms with Crippen molar-refractivity contribution in [2.75, 3.05) is 6.54 Å². The van der Waals surface area contributed by atoms with Crippen LogP contribution in [0.5, 0.6) is 0 Å². The number of hydrogen-bond donors (Lipinski definition) is 3. The molecular weight excluding hydrogens is 255 g/mol. The molecule has 1 aliphatic carbocycles. The zero-order valence-electron chi connectivity index (χ0n) is 11.3. The number of carbonyl (C=O) groups is 1.